The lowest BCUT2D eigenvalue weighted by Gasteiger charge is -1.96. The summed E-state index contributed by atoms with van der Waals surface area (Å²) in [6.07, 6.45) is 3.24. The number of rotatable bonds is 3. The van der Waals surface area contributed by atoms with Crippen molar-refractivity contribution in [3.63, 3.8) is 0 Å². The molecule has 0 amide bonds. The van der Waals surface area contributed by atoms with Crippen LogP contribution in [0.15, 0.2) is 18.3 Å². The first-order valence-electron chi connectivity index (χ1n) is 3.54. The van der Waals surface area contributed by atoms with E-state index in [4.69, 9.17) is 0 Å². The smallest absolute Gasteiger partial charge is 0.126 e. The number of nitrogens with zero attached hydrogens (tertiary/aromatic N) is 1. The SMILES string of the molecule is Fc1ccnc(CCCS)c1. The number of halogens is 1. The van der Waals surface area contributed by atoms with Crippen LogP contribution in [0.3, 0.4) is 0 Å². The van der Waals surface area contributed by atoms with Crippen LogP contribution in [-0.2, 0) is 6.42 Å². The Morgan fingerprint density at radius 2 is 2.36 bits per heavy atom. The summed E-state index contributed by atoms with van der Waals surface area (Å²) in [5.74, 6) is 0.604. The summed E-state index contributed by atoms with van der Waals surface area (Å²) in [5.41, 5.74) is 0.805. The summed E-state index contributed by atoms with van der Waals surface area (Å²) in [4.78, 5) is 4.00. The van der Waals surface area contributed by atoms with Gasteiger partial charge in [-0.25, -0.2) is 4.39 Å². The van der Waals surface area contributed by atoms with E-state index in [9.17, 15) is 4.39 Å². The monoisotopic (exact) mass is 171 g/mol. The lowest BCUT2D eigenvalue weighted by molar-refractivity contribution is 0.621. The van der Waals surface area contributed by atoms with Crippen LogP contribution in [0.5, 0.6) is 0 Å². The Bertz CT molecular complexity index is 227. The second-order valence-electron chi connectivity index (χ2n) is 2.29. The van der Waals surface area contributed by atoms with E-state index in [2.05, 4.69) is 17.6 Å². The van der Waals surface area contributed by atoms with Crippen molar-refractivity contribution in [1.29, 1.82) is 0 Å². The van der Waals surface area contributed by atoms with Crippen LogP contribution in [0.4, 0.5) is 4.39 Å². The molecular weight excluding hydrogens is 161 g/mol. The van der Waals surface area contributed by atoms with E-state index in [1.807, 2.05) is 0 Å². The third-order valence-electron chi connectivity index (χ3n) is 1.37. The molecule has 0 N–H and O–H groups in total. The number of hydrogen-bond acceptors (Lipinski definition) is 2. The molecule has 1 aromatic rings. The summed E-state index contributed by atoms with van der Waals surface area (Å²) < 4.78 is 12.5. The Hall–Kier alpha value is -0.570. The van der Waals surface area contributed by atoms with Crippen LogP contribution < -0.4 is 0 Å². The number of aromatic nitrogens is 1. The Morgan fingerprint density at radius 1 is 1.55 bits per heavy atom. The van der Waals surface area contributed by atoms with E-state index in [0.29, 0.717) is 0 Å². The van der Waals surface area contributed by atoms with Gasteiger partial charge in [0.05, 0.1) is 0 Å². The van der Waals surface area contributed by atoms with Gasteiger partial charge in [-0.1, -0.05) is 0 Å². The summed E-state index contributed by atoms with van der Waals surface area (Å²) in [6.45, 7) is 0. The minimum atomic E-state index is -0.214. The van der Waals surface area contributed by atoms with Gasteiger partial charge >= 0.3 is 0 Å². The third-order valence-corrected chi connectivity index (χ3v) is 1.69. The maximum absolute atomic E-state index is 12.5. The molecule has 0 bridgehead atoms. The molecule has 0 aromatic carbocycles. The highest BCUT2D eigenvalue weighted by molar-refractivity contribution is 7.80. The second kappa shape index (κ2) is 4.34. The molecule has 0 unspecified atom stereocenters. The van der Waals surface area contributed by atoms with E-state index in [-0.39, 0.29) is 5.82 Å². The van der Waals surface area contributed by atoms with Crippen LogP contribution in [0.25, 0.3) is 0 Å². The molecule has 1 rings (SSSR count). The summed E-state index contributed by atoms with van der Waals surface area (Å²) >= 11 is 4.06. The van der Waals surface area contributed by atoms with E-state index in [1.54, 1.807) is 0 Å². The van der Waals surface area contributed by atoms with E-state index < -0.39 is 0 Å². The van der Waals surface area contributed by atoms with Gasteiger partial charge in [-0.3, -0.25) is 4.98 Å². The molecular formula is C8H10FNS. The predicted molar refractivity (Wildman–Crippen MR) is 46.4 cm³/mol. The fraction of sp³-hybridized carbons (Fsp3) is 0.375. The standard InChI is InChI=1S/C8H10FNS/c9-7-3-4-10-8(6-7)2-1-5-11/h3-4,6,11H,1-2,5H2. The topological polar surface area (TPSA) is 12.9 Å². The van der Waals surface area contributed by atoms with Crippen molar-refractivity contribution >= 4 is 12.6 Å². The van der Waals surface area contributed by atoms with Gasteiger partial charge in [0, 0.05) is 11.9 Å². The number of aryl methyl sites for hydroxylation is 1. The Labute approximate surface area is 71.1 Å². The fourth-order valence-electron chi connectivity index (χ4n) is 0.846. The van der Waals surface area contributed by atoms with E-state index >= 15 is 0 Å². The predicted octanol–water partition coefficient (Wildman–Crippen LogP) is 2.08. The van der Waals surface area contributed by atoms with Crippen molar-refractivity contribution in [2.45, 2.75) is 12.8 Å². The molecule has 0 atom stereocenters. The molecule has 0 spiro atoms. The Morgan fingerprint density at radius 3 is 3.00 bits per heavy atom. The molecule has 11 heavy (non-hydrogen) atoms. The Kier molecular flexibility index (Phi) is 3.36. The normalized spacial score (nSPS) is 10.0. The molecule has 0 fully saturated rings. The van der Waals surface area contributed by atoms with Crippen molar-refractivity contribution in [2.24, 2.45) is 0 Å². The molecule has 0 aliphatic rings. The highest BCUT2D eigenvalue weighted by atomic mass is 32.1. The minimum absolute atomic E-state index is 0.214. The quantitative estimate of drug-likeness (QED) is 0.687. The van der Waals surface area contributed by atoms with E-state index in [0.717, 1.165) is 24.3 Å². The molecule has 1 nitrogen and oxygen atoms in total. The minimum Gasteiger partial charge on any atom is -0.261 e. The molecule has 0 saturated carbocycles. The maximum Gasteiger partial charge on any atom is 0.126 e. The van der Waals surface area contributed by atoms with Crippen molar-refractivity contribution < 1.29 is 4.39 Å². The van der Waals surface area contributed by atoms with Crippen molar-refractivity contribution in [1.82, 2.24) is 4.98 Å². The molecule has 1 heterocycles. The molecule has 0 aliphatic carbocycles. The molecule has 3 heteroatoms. The highest BCUT2D eigenvalue weighted by Crippen LogP contribution is 2.02. The third kappa shape index (κ3) is 2.89. The first-order valence-corrected chi connectivity index (χ1v) is 4.17. The van der Waals surface area contributed by atoms with Gasteiger partial charge in [-0.2, -0.15) is 12.6 Å². The van der Waals surface area contributed by atoms with Gasteiger partial charge < -0.3 is 0 Å². The average Bonchev–Trinajstić information content (AvgIpc) is 2.01. The Balaban J connectivity index is 2.56. The molecule has 1 aromatic heterocycles. The van der Waals surface area contributed by atoms with Crippen LogP contribution in [-0.4, -0.2) is 10.7 Å². The lowest BCUT2D eigenvalue weighted by atomic mass is 10.2. The molecule has 0 saturated heterocycles. The molecule has 60 valence electrons. The molecule has 0 aliphatic heterocycles. The zero-order chi connectivity index (χ0) is 8.10. The van der Waals surface area contributed by atoms with Crippen LogP contribution >= 0.6 is 12.6 Å². The summed E-state index contributed by atoms with van der Waals surface area (Å²) in [6, 6.07) is 2.81. The van der Waals surface area contributed by atoms with Crippen molar-refractivity contribution in [3.8, 4) is 0 Å². The van der Waals surface area contributed by atoms with Gasteiger partial charge in [-0.05, 0) is 30.7 Å². The lowest BCUT2D eigenvalue weighted by Crippen LogP contribution is -1.91. The largest absolute Gasteiger partial charge is 0.261 e. The zero-order valence-electron chi connectivity index (χ0n) is 6.13. The summed E-state index contributed by atoms with van der Waals surface area (Å²) in [7, 11) is 0. The van der Waals surface area contributed by atoms with E-state index in [1.165, 1.54) is 18.3 Å². The number of pyridine rings is 1. The second-order valence-corrected chi connectivity index (χ2v) is 2.74. The average molecular weight is 171 g/mol. The van der Waals surface area contributed by atoms with Gasteiger partial charge in [0.2, 0.25) is 0 Å². The number of hydrogen-bond donors (Lipinski definition) is 1. The van der Waals surface area contributed by atoms with Crippen molar-refractivity contribution in [2.75, 3.05) is 5.75 Å². The molecule has 0 radical (unpaired) electrons. The van der Waals surface area contributed by atoms with Crippen LogP contribution in [0.2, 0.25) is 0 Å². The maximum atomic E-state index is 12.5. The van der Waals surface area contributed by atoms with Gasteiger partial charge in [-0.15, -0.1) is 0 Å². The van der Waals surface area contributed by atoms with Gasteiger partial charge in [0.15, 0.2) is 0 Å². The van der Waals surface area contributed by atoms with Gasteiger partial charge in [0.25, 0.3) is 0 Å². The summed E-state index contributed by atoms with van der Waals surface area (Å²) in [5, 5.41) is 0. The first kappa shape index (κ1) is 8.53. The fourth-order valence-corrected chi connectivity index (χ4v) is 1.00. The van der Waals surface area contributed by atoms with Crippen LogP contribution in [0, 0.1) is 5.82 Å². The van der Waals surface area contributed by atoms with Gasteiger partial charge in [0.1, 0.15) is 5.82 Å². The highest BCUT2D eigenvalue weighted by Gasteiger charge is 1.94. The first-order chi connectivity index (χ1) is 5.33. The van der Waals surface area contributed by atoms with Crippen LogP contribution in [0.1, 0.15) is 12.1 Å². The number of thiol groups is 1. The zero-order valence-corrected chi connectivity index (χ0v) is 7.02. The van der Waals surface area contributed by atoms with Crippen molar-refractivity contribution in [3.05, 3.63) is 29.8 Å².